The zero-order valence-corrected chi connectivity index (χ0v) is 9.65. The van der Waals surface area contributed by atoms with E-state index in [-0.39, 0.29) is 0 Å². The van der Waals surface area contributed by atoms with E-state index in [1.54, 1.807) is 7.11 Å². The third-order valence-electron chi connectivity index (χ3n) is 2.29. The van der Waals surface area contributed by atoms with Crippen LogP contribution in [0.25, 0.3) is 0 Å². The number of hydrogen-bond acceptors (Lipinski definition) is 3. The van der Waals surface area contributed by atoms with Crippen LogP contribution < -0.4 is 5.32 Å². The second-order valence-electron chi connectivity index (χ2n) is 3.78. The van der Waals surface area contributed by atoms with Gasteiger partial charge in [0.25, 0.3) is 0 Å². The van der Waals surface area contributed by atoms with Gasteiger partial charge in [0.1, 0.15) is 0 Å². The average molecular weight is 211 g/mol. The molecule has 4 heteroatoms. The lowest BCUT2D eigenvalue weighted by Gasteiger charge is -2.13. The molecule has 0 aliphatic rings. The standard InChI is InChI=1S/C11H21N3O/c1-11(10-14-8-5-7-13-14)12-6-3-4-9-15-2/h5,7-8,11-12H,3-4,6,9-10H2,1-2H3. The van der Waals surface area contributed by atoms with Crippen molar-refractivity contribution < 1.29 is 4.74 Å². The molecule has 0 amide bonds. The SMILES string of the molecule is COCCCCNC(C)Cn1cccn1. The largest absolute Gasteiger partial charge is 0.385 e. The van der Waals surface area contributed by atoms with E-state index in [0.29, 0.717) is 6.04 Å². The Morgan fingerprint density at radius 3 is 3.00 bits per heavy atom. The summed E-state index contributed by atoms with van der Waals surface area (Å²) in [7, 11) is 1.74. The molecule has 1 heterocycles. The summed E-state index contributed by atoms with van der Waals surface area (Å²) in [5, 5.41) is 7.63. The highest BCUT2D eigenvalue weighted by Crippen LogP contribution is 1.92. The molecule has 1 N–H and O–H groups in total. The Hall–Kier alpha value is -0.870. The van der Waals surface area contributed by atoms with Gasteiger partial charge in [-0.3, -0.25) is 4.68 Å². The molecule has 1 aromatic heterocycles. The van der Waals surface area contributed by atoms with Crippen LogP contribution in [-0.2, 0) is 11.3 Å². The second-order valence-corrected chi connectivity index (χ2v) is 3.78. The summed E-state index contributed by atoms with van der Waals surface area (Å²) in [5.74, 6) is 0. The van der Waals surface area contributed by atoms with Crippen LogP contribution >= 0.6 is 0 Å². The smallest absolute Gasteiger partial charge is 0.0559 e. The minimum Gasteiger partial charge on any atom is -0.385 e. The van der Waals surface area contributed by atoms with Gasteiger partial charge in [0.05, 0.1) is 6.54 Å². The van der Waals surface area contributed by atoms with E-state index in [4.69, 9.17) is 4.74 Å². The van der Waals surface area contributed by atoms with Crippen LogP contribution in [0.2, 0.25) is 0 Å². The number of methoxy groups -OCH3 is 1. The van der Waals surface area contributed by atoms with E-state index in [9.17, 15) is 0 Å². The van der Waals surface area contributed by atoms with E-state index in [2.05, 4.69) is 17.3 Å². The first-order valence-electron chi connectivity index (χ1n) is 5.52. The molecule has 86 valence electrons. The van der Waals surface area contributed by atoms with Gasteiger partial charge in [-0.2, -0.15) is 5.10 Å². The molecule has 0 aliphatic heterocycles. The summed E-state index contributed by atoms with van der Waals surface area (Å²) in [6, 6.07) is 2.41. The van der Waals surface area contributed by atoms with Gasteiger partial charge >= 0.3 is 0 Å². The number of unbranched alkanes of at least 4 members (excludes halogenated alkanes) is 1. The Bertz CT molecular complexity index is 236. The summed E-state index contributed by atoms with van der Waals surface area (Å²) in [6.07, 6.45) is 6.09. The zero-order chi connectivity index (χ0) is 10.9. The third-order valence-corrected chi connectivity index (χ3v) is 2.29. The highest BCUT2D eigenvalue weighted by atomic mass is 16.5. The predicted octanol–water partition coefficient (Wildman–Crippen LogP) is 1.29. The minimum absolute atomic E-state index is 0.465. The normalized spacial score (nSPS) is 12.9. The molecule has 1 aromatic rings. The van der Waals surface area contributed by atoms with Gasteiger partial charge in [-0.15, -0.1) is 0 Å². The summed E-state index contributed by atoms with van der Waals surface area (Å²) < 4.78 is 6.94. The molecular weight excluding hydrogens is 190 g/mol. The van der Waals surface area contributed by atoms with E-state index in [1.807, 2.05) is 23.1 Å². The maximum Gasteiger partial charge on any atom is 0.0559 e. The molecule has 0 fully saturated rings. The van der Waals surface area contributed by atoms with Gasteiger partial charge in [0.15, 0.2) is 0 Å². The van der Waals surface area contributed by atoms with Crippen LogP contribution in [-0.4, -0.2) is 36.1 Å². The molecule has 0 saturated carbocycles. The van der Waals surface area contributed by atoms with Crippen molar-refractivity contribution in [2.24, 2.45) is 0 Å². The molecule has 0 saturated heterocycles. The molecule has 0 spiro atoms. The molecule has 0 radical (unpaired) electrons. The van der Waals surface area contributed by atoms with Gasteiger partial charge < -0.3 is 10.1 Å². The molecule has 15 heavy (non-hydrogen) atoms. The maximum atomic E-state index is 4.99. The molecule has 4 nitrogen and oxygen atoms in total. The number of nitrogens with one attached hydrogen (secondary N) is 1. The Balaban J connectivity index is 2.01. The lowest BCUT2D eigenvalue weighted by molar-refractivity contribution is 0.192. The molecular formula is C11H21N3O. The Morgan fingerprint density at radius 2 is 2.33 bits per heavy atom. The van der Waals surface area contributed by atoms with E-state index in [0.717, 1.165) is 32.5 Å². The highest BCUT2D eigenvalue weighted by molar-refractivity contribution is 4.78. The topological polar surface area (TPSA) is 39.1 Å². The monoisotopic (exact) mass is 211 g/mol. The fourth-order valence-corrected chi connectivity index (χ4v) is 1.47. The van der Waals surface area contributed by atoms with Crippen molar-refractivity contribution >= 4 is 0 Å². The fraction of sp³-hybridized carbons (Fsp3) is 0.727. The van der Waals surface area contributed by atoms with Crippen molar-refractivity contribution in [3.8, 4) is 0 Å². The molecule has 1 unspecified atom stereocenters. The summed E-state index contributed by atoms with van der Waals surface area (Å²) in [4.78, 5) is 0. The molecule has 1 atom stereocenters. The quantitative estimate of drug-likeness (QED) is 0.659. The predicted molar refractivity (Wildman–Crippen MR) is 60.8 cm³/mol. The van der Waals surface area contributed by atoms with Gasteiger partial charge in [-0.25, -0.2) is 0 Å². The van der Waals surface area contributed by atoms with Gasteiger partial charge in [0, 0.05) is 32.2 Å². The van der Waals surface area contributed by atoms with Crippen molar-refractivity contribution in [1.82, 2.24) is 15.1 Å². The number of rotatable bonds is 8. The summed E-state index contributed by atoms with van der Waals surface area (Å²) >= 11 is 0. The van der Waals surface area contributed by atoms with Gasteiger partial charge in [-0.05, 0) is 32.4 Å². The van der Waals surface area contributed by atoms with Crippen LogP contribution in [0.3, 0.4) is 0 Å². The average Bonchev–Trinajstić information content (AvgIpc) is 2.70. The summed E-state index contributed by atoms with van der Waals surface area (Å²) in [6.45, 7) is 5.01. The molecule has 0 aliphatic carbocycles. The number of aromatic nitrogens is 2. The van der Waals surface area contributed by atoms with Crippen molar-refractivity contribution in [2.75, 3.05) is 20.3 Å². The minimum atomic E-state index is 0.465. The maximum absolute atomic E-state index is 4.99. The Morgan fingerprint density at radius 1 is 1.47 bits per heavy atom. The van der Waals surface area contributed by atoms with Crippen LogP contribution in [0, 0.1) is 0 Å². The first-order chi connectivity index (χ1) is 7.33. The Labute approximate surface area is 91.6 Å². The van der Waals surface area contributed by atoms with E-state index < -0.39 is 0 Å². The third kappa shape index (κ3) is 5.54. The molecule has 0 bridgehead atoms. The molecule has 1 rings (SSSR count). The second kappa shape index (κ2) is 7.43. The van der Waals surface area contributed by atoms with Gasteiger partial charge in [-0.1, -0.05) is 0 Å². The number of hydrogen-bond donors (Lipinski definition) is 1. The lowest BCUT2D eigenvalue weighted by Crippen LogP contribution is -2.31. The van der Waals surface area contributed by atoms with Crippen molar-refractivity contribution in [3.63, 3.8) is 0 Å². The first kappa shape index (κ1) is 12.2. The van der Waals surface area contributed by atoms with Gasteiger partial charge in [0.2, 0.25) is 0 Å². The number of nitrogens with zero attached hydrogens (tertiary/aromatic N) is 2. The van der Waals surface area contributed by atoms with E-state index in [1.165, 1.54) is 0 Å². The molecule has 0 aromatic carbocycles. The van der Waals surface area contributed by atoms with Crippen molar-refractivity contribution in [3.05, 3.63) is 18.5 Å². The van der Waals surface area contributed by atoms with Crippen LogP contribution in [0.4, 0.5) is 0 Å². The summed E-state index contributed by atoms with van der Waals surface area (Å²) in [5.41, 5.74) is 0. The number of ether oxygens (including phenoxy) is 1. The fourth-order valence-electron chi connectivity index (χ4n) is 1.47. The first-order valence-corrected chi connectivity index (χ1v) is 5.52. The lowest BCUT2D eigenvalue weighted by atomic mass is 10.3. The van der Waals surface area contributed by atoms with Crippen molar-refractivity contribution in [1.29, 1.82) is 0 Å². The van der Waals surface area contributed by atoms with Crippen LogP contribution in [0.15, 0.2) is 18.5 Å². The van der Waals surface area contributed by atoms with Crippen molar-refractivity contribution in [2.45, 2.75) is 32.4 Å². The highest BCUT2D eigenvalue weighted by Gasteiger charge is 2.01. The van der Waals surface area contributed by atoms with Crippen LogP contribution in [0.5, 0.6) is 0 Å². The van der Waals surface area contributed by atoms with Crippen LogP contribution in [0.1, 0.15) is 19.8 Å². The van der Waals surface area contributed by atoms with E-state index >= 15 is 0 Å². The zero-order valence-electron chi connectivity index (χ0n) is 9.65. The Kier molecular flexibility index (Phi) is 6.04.